The molecule has 1 fully saturated rings. The standard InChI is InChI=1S/C25H34N2O2S/c1-4-13-27-14-5-6-21-15-22-16-23(10-7-20(22)17-25(21)27)26-30(28,29)24-11-8-19(9-12-24)18(2)3/h7-12,16,18,21,25-26H,4-6,13-15,17H2,1-3H3/t21-,25-/m0/s1. The molecule has 2 aromatic rings. The highest BCUT2D eigenvalue weighted by molar-refractivity contribution is 7.92. The molecule has 162 valence electrons. The molecule has 30 heavy (non-hydrogen) atoms. The normalized spacial score (nSPS) is 21.9. The summed E-state index contributed by atoms with van der Waals surface area (Å²) < 4.78 is 28.5. The zero-order chi connectivity index (χ0) is 21.3. The third-order valence-corrected chi connectivity index (χ3v) is 8.17. The topological polar surface area (TPSA) is 49.4 Å². The maximum Gasteiger partial charge on any atom is 0.261 e. The van der Waals surface area contributed by atoms with Gasteiger partial charge in [-0.1, -0.05) is 39.0 Å². The summed E-state index contributed by atoms with van der Waals surface area (Å²) in [6.07, 6.45) is 5.90. The first-order valence-corrected chi connectivity index (χ1v) is 12.8. The molecule has 4 nitrogen and oxygen atoms in total. The Morgan fingerprint density at radius 3 is 2.53 bits per heavy atom. The molecule has 0 radical (unpaired) electrons. The molecule has 5 heteroatoms. The van der Waals surface area contributed by atoms with E-state index in [1.54, 1.807) is 12.1 Å². The van der Waals surface area contributed by atoms with Crippen LogP contribution in [0.2, 0.25) is 0 Å². The third kappa shape index (κ3) is 4.42. The van der Waals surface area contributed by atoms with E-state index in [0.29, 0.717) is 28.5 Å². The maximum absolute atomic E-state index is 12.9. The molecule has 1 aliphatic carbocycles. The Kier molecular flexibility index (Phi) is 6.21. The van der Waals surface area contributed by atoms with Gasteiger partial charge in [-0.2, -0.15) is 0 Å². The number of likely N-dealkylation sites (tertiary alicyclic amines) is 1. The molecule has 0 spiro atoms. The van der Waals surface area contributed by atoms with Crippen LogP contribution in [0.25, 0.3) is 0 Å². The summed E-state index contributed by atoms with van der Waals surface area (Å²) in [5.74, 6) is 1.07. The van der Waals surface area contributed by atoms with Gasteiger partial charge in [0.25, 0.3) is 10.0 Å². The number of fused-ring (bicyclic) bond motifs is 2. The predicted octanol–water partition coefficient (Wildman–Crippen LogP) is 5.20. The molecular weight excluding hydrogens is 392 g/mol. The van der Waals surface area contributed by atoms with E-state index in [-0.39, 0.29) is 0 Å². The highest BCUT2D eigenvalue weighted by Gasteiger charge is 2.35. The Balaban J connectivity index is 1.52. The number of nitrogens with zero attached hydrogens (tertiary/aromatic N) is 1. The Labute approximate surface area is 181 Å². The zero-order valence-corrected chi connectivity index (χ0v) is 19.2. The Hall–Kier alpha value is -1.85. The summed E-state index contributed by atoms with van der Waals surface area (Å²) in [4.78, 5) is 2.99. The molecule has 2 aliphatic rings. The van der Waals surface area contributed by atoms with Crippen LogP contribution in [-0.2, 0) is 22.9 Å². The molecule has 0 amide bonds. The van der Waals surface area contributed by atoms with Gasteiger partial charge >= 0.3 is 0 Å². The molecule has 2 atom stereocenters. The first-order valence-electron chi connectivity index (χ1n) is 11.4. The predicted molar refractivity (Wildman–Crippen MR) is 124 cm³/mol. The second kappa shape index (κ2) is 8.72. The molecule has 0 saturated carbocycles. The molecule has 2 aromatic carbocycles. The zero-order valence-electron chi connectivity index (χ0n) is 18.4. The van der Waals surface area contributed by atoms with Gasteiger partial charge in [-0.15, -0.1) is 0 Å². The molecule has 1 aliphatic heterocycles. The van der Waals surface area contributed by atoms with Crippen molar-refractivity contribution in [1.29, 1.82) is 0 Å². The lowest BCUT2D eigenvalue weighted by molar-refractivity contribution is 0.0855. The van der Waals surface area contributed by atoms with Crippen LogP contribution in [-0.4, -0.2) is 32.4 Å². The van der Waals surface area contributed by atoms with Crippen LogP contribution in [0.5, 0.6) is 0 Å². The number of benzene rings is 2. The molecule has 1 N–H and O–H groups in total. The highest BCUT2D eigenvalue weighted by atomic mass is 32.2. The summed E-state index contributed by atoms with van der Waals surface area (Å²) in [5, 5.41) is 0. The summed E-state index contributed by atoms with van der Waals surface area (Å²) >= 11 is 0. The summed E-state index contributed by atoms with van der Waals surface area (Å²) in [5.41, 5.74) is 4.50. The van der Waals surface area contributed by atoms with E-state index < -0.39 is 10.0 Å². The fourth-order valence-corrected chi connectivity index (χ4v) is 6.19. The summed E-state index contributed by atoms with van der Waals surface area (Å²) in [7, 11) is -3.58. The Morgan fingerprint density at radius 1 is 1.07 bits per heavy atom. The van der Waals surface area contributed by atoms with Crippen LogP contribution in [0.3, 0.4) is 0 Å². The number of nitrogens with one attached hydrogen (secondary N) is 1. The molecular formula is C25H34N2O2S. The lowest BCUT2D eigenvalue weighted by Gasteiger charge is -2.44. The lowest BCUT2D eigenvalue weighted by atomic mass is 9.75. The monoisotopic (exact) mass is 426 g/mol. The van der Waals surface area contributed by atoms with E-state index in [2.05, 4.69) is 42.5 Å². The Morgan fingerprint density at radius 2 is 1.83 bits per heavy atom. The van der Waals surface area contributed by atoms with Crippen molar-refractivity contribution in [3.8, 4) is 0 Å². The van der Waals surface area contributed by atoms with E-state index in [4.69, 9.17) is 0 Å². The van der Waals surface area contributed by atoms with Gasteiger partial charge in [0.05, 0.1) is 4.90 Å². The lowest BCUT2D eigenvalue weighted by Crippen LogP contribution is -2.49. The third-order valence-electron chi connectivity index (χ3n) is 6.77. The number of hydrogen-bond acceptors (Lipinski definition) is 3. The first-order chi connectivity index (χ1) is 14.4. The van der Waals surface area contributed by atoms with Crippen LogP contribution >= 0.6 is 0 Å². The van der Waals surface area contributed by atoms with Crippen LogP contribution in [0.1, 0.15) is 62.6 Å². The van der Waals surface area contributed by atoms with Gasteiger partial charge in [-0.25, -0.2) is 8.42 Å². The highest BCUT2D eigenvalue weighted by Crippen LogP contribution is 2.36. The van der Waals surface area contributed by atoms with E-state index in [9.17, 15) is 8.42 Å². The van der Waals surface area contributed by atoms with Crippen molar-refractivity contribution >= 4 is 15.7 Å². The van der Waals surface area contributed by atoms with Crippen molar-refractivity contribution in [3.63, 3.8) is 0 Å². The quantitative estimate of drug-likeness (QED) is 0.691. The van der Waals surface area contributed by atoms with Crippen molar-refractivity contribution in [2.45, 2.75) is 69.7 Å². The van der Waals surface area contributed by atoms with Gasteiger partial charge in [0.15, 0.2) is 0 Å². The second-order valence-electron chi connectivity index (χ2n) is 9.23. The SMILES string of the molecule is CCCN1CCC[C@H]2Cc3cc(NS(=O)(=O)c4ccc(C(C)C)cc4)ccc3C[C@@H]21. The van der Waals surface area contributed by atoms with E-state index >= 15 is 0 Å². The molecule has 0 unspecified atom stereocenters. The van der Waals surface area contributed by atoms with Crippen molar-refractivity contribution in [1.82, 2.24) is 4.90 Å². The second-order valence-corrected chi connectivity index (χ2v) is 10.9. The van der Waals surface area contributed by atoms with Gasteiger partial charge in [0, 0.05) is 11.7 Å². The minimum absolute atomic E-state index is 0.312. The van der Waals surface area contributed by atoms with Gasteiger partial charge in [-0.3, -0.25) is 9.62 Å². The molecule has 0 aromatic heterocycles. The van der Waals surface area contributed by atoms with Gasteiger partial charge in [-0.05, 0) is 98.0 Å². The minimum Gasteiger partial charge on any atom is -0.300 e. The number of rotatable bonds is 6. The smallest absolute Gasteiger partial charge is 0.261 e. The minimum atomic E-state index is -3.58. The fourth-order valence-electron chi connectivity index (χ4n) is 5.14. The molecule has 1 heterocycles. The van der Waals surface area contributed by atoms with Crippen LogP contribution in [0.15, 0.2) is 47.4 Å². The van der Waals surface area contributed by atoms with E-state index in [0.717, 1.165) is 18.4 Å². The van der Waals surface area contributed by atoms with Crippen LogP contribution < -0.4 is 4.72 Å². The molecule has 4 rings (SSSR count). The number of anilines is 1. The summed E-state index contributed by atoms with van der Waals surface area (Å²) in [6.45, 7) is 8.87. The van der Waals surface area contributed by atoms with Gasteiger partial charge in [0.2, 0.25) is 0 Å². The van der Waals surface area contributed by atoms with Crippen molar-refractivity contribution < 1.29 is 8.42 Å². The number of hydrogen-bond donors (Lipinski definition) is 1. The van der Waals surface area contributed by atoms with Crippen LogP contribution in [0, 0.1) is 5.92 Å². The van der Waals surface area contributed by atoms with Crippen molar-refractivity contribution in [3.05, 3.63) is 59.2 Å². The number of piperidine rings is 1. The molecule has 0 bridgehead atoms. The largest absolute Gasteiger partial charge is 0.300 e. The van der Waals surface area contributed by atoms with E-state index in [1.165, 1.54) is 43.5 Å². The van der Waals surface area contributed by atoms with Crippen molar-refractivity contribution in [2.24, 2.45) is 5.92 Å². The first kappa shape index (κ1) is 21.4. The average Bonchev–Trinajstić information content (AvgIpc) is 2.72. The average molecular weight is 427 g/mol. The summed E-state index contributed by atoms with van der Waals surface area (Å²) in [6, 6.07) is 14.0. The van der Waals surface area contributed by atoms with Gasteiger partial charge in [0.1, 0.15) is 0 Å². The van der Waals surface area contributed by atoms with Gasteiger partial charge < -0.3 is 0 Å². The van der Waals surface area contributed by atoms with E-state index in [1.807, 2.05) is 18.2 Å². The maximum atomic E-state index is 12.9. The fraction of sp³-hybridized carbons (Fsp3) is 0.520. The van der Waals surface area contributed by atoms with Crippen LogP contribution in [0.4, 0.5) is 5.69 Å². The van der Waals surface area contributed by atoms with Crippen molar-refractivity contribution in [2.75, 3.05) is 17.8 Å². The Bertz CT molecular complexity index is 981. The number of sulfonamides is 1. The molecule has 1 saturated heterocycles.